The summed E-state index contributed by atoms with van der Waals surface area (Å²) in [6.45, 7) is 3.21. The molecule has 3 heterocycles. The third-order valence-electron chi connectivity index (χ3n) is 4.77. The summed E-state index contributed by atoms with van der Waals surface area (Å²) in [4.78, 5) is 26.0. The molecule has 0 unspecified atom stereocenters. The average molecular weight is 323 g/mol. The van der Waals surface area contributed by atoms with E-state index in [4.69, 9.17) is 0 Å². The van der Waals surface area contributed by atoms with Crippen molar-refractivity contribution in [3.63, 3.8) is 0 Å². The zero-order chi connectivity index (χ0) is 16.5. The molecule has 4 rings (SSSR count). The highest BCUT2D eigenvalue weighted by atomic mass is 16.2. The van der Waals surface area contributed by atoms with Crippen molar-refractivity contribution in [2.75, 3.05) is 31.6 Å². The molecule has 0 bridgehead atoms. The predicted octanol–water partition coefficient (Wildman–Crippen LogP) is 1.14. The van der Waals surface area contributed by atoms with Gasteiger partial charge in [0, 0.05) is 38.2 Å². The molecule has 1 aromatic carbocycles. The van der Waals surface area contributed by atoms with Crippen molar-refractivity contribution in [1.82, 2.24) is 20.2 Å². The second-order valence-electron chi connectivity index (χ2n) is 6.41. The van der Waals surface area contributed by atoms with E-state index < -0.39 is 0 Å². The second-order valence-corrected chi connectivity index (χ2v) is 6.41. The fourth-order valence-corrected chi connectivity index (χ4v) is 3.57. The van der Waals surface area contributed by atoms with Crippen molar-refractivity contribution in [1.29, 1.82) is 0 Å². The van der Waals surface area contributed by atoms with Crippen LogP contribution in [0.2, 0.25) is 0 Å². The average Bonchev–Trinajstić information content (AvgIpc) is 2.61. The van der Waals surface area contributed by atoms with E-state index >= 15 is 0 Å². The molecule has 2 aliphatic heterocycles. The molecule has 6 heteroatoms. The molecular weight excluding hydrogens is 302 g/mol. The van der Waals surface area contributed by atoms with Crippen molar-refractivity contribution in [2.24, 2.45) is 0 Å². The lowest BCUT2D eigenvalue weighted by molar-refractivity contribution is -0.123. The van der Waals surface area contributed by atoms with Gasteiger partial charge in [-0.3, -0.25) is 4.79 Å². The lowest BCUT2D eigenvalue weighted by atomic mass is 10.00. The first-order valence-corrected chi connectivity index (χ1v) is 8.34. The SMILES string of the molecule is CN1CCc2ncnc(N3CCNC(=O)[C@@H]3c3ccccc3)c2C1. The van der Waals surface area contributed by atoms with Crippen molar-refractivity contribution in [3.8, 4) is 0 Å². The van der Waals surface area contributed by atoms with Gasteiger partial charge in [0.2, 0.25) is 5.91 Å². The van der Waals surface area contributed by atoms with Gasteiger partial charge in [0.05, 0.1) is 5.69 Å². The van der Waals surface area contributed by atoms with E-state index in [2.05, 4.69) is 32.1 Å². The summed E-state index contributed by atoms with van der Waals surface area (Å²) in [6, 6.07) is 9.57. The Morgan fingerprint density at radius 1 is 1.17 bits per heavy atom. The number of nitrogens with one attached hydrogen (secondary N) is 1. The highest BCUT2D eigenvalue weighted by molar-refractivity contribution is 5.87. The topological polar surface area (TPSA) is 61.4 Å². The van der Waals surface area contributed by atoms with Gasteiger partial charge in [0.15, 0.2) is 0 Å². The smallest absolute Gasteiger partial charge is 0.247 e. The number of nitrogens with zero attached hydrogens (tertiary/aromatic N) is 4. The maximum absolute atomic E-state index is 12.6. The molecule has 1 saturated heterocycles. The maximum atomic E-state index is 12.6. The highest BCUT2D eigenvalue weighted by Gasteiger charge is 2.34. The first-order valence-electron chi connectivity index (χ1n) is 8.34. The predicted molar refractivity (Wildman–Crippen MR) is 91.6 cm³/mol. The van der Waals surface area contributed by atoms with Gasteiger partial charge in [-0.2, -0.15) is 0 Å². The number of anilines is 1. The Morgan fingerprint density at radius 3 is 2.83 bits per heavy atom. The fourth-order valence-electron chi connectivity index (χ4n) is 3.57. The molecule has 6 nitrogen and oxygen atoms in total. The zero-order valence-corrected chi connectivity index (χ0v) is 13.8. The number of hydrogen-bond donors (Lipinski definition) is 1. The first kappa shape index (κ1) is 15.1. The van der Waals surface area contributed by atoms with E-state index in [1.54, 1.807) is 6.33 Å². The number of hydrogen-bond acceptors (Lipinski definition) is 5. The molecule has 0 aliphatic carbocycles. The molecule has 124 valence electrons. The monoisotopic (exact) mass is 323 g/mol. The van der Waals surface area contributed by atoms with Crippen LogP contribution in [0.4, 0.5) is 5.82 Å². The van der Waals surface area contributed by atoms with Gasteiger partial charge in [0.25, 0.3) is 0 Å². The van der Waals surface area contributed by atoms with E-state index in [9.17, 15) is 4.79 Å². The minimum atomic E-state index is -0.341. The Balaban J connectivity index is 1.78. The van der Waals surface area contributed by atoms with E-state index in [1.165, 1.54) is 0 Å². The number of carbonyl (C=O) groups is 1. The number of fused-ring (bicyclic) bond motifs is 1. The second kappa shape index (κ2) is 6.20. The van der Waals surface area contributed by atoms with Gasteiger partial charge in [0.1, 0.15) is 18.2 Å². The third kappa shape index (κ3) is 2.63. The van der Waals surface area contributed by atoms with Gasteiger partial charge in [-0.25, -0.2) is 9.97 Å². The van der Waals surface area contributed by atoms with Crippen LogP contribution in [0, 0.1) is 0 Å². The summed E-state index contributed by atoms with van der Waals surface area (Å²) in [5.41, 5.74) is 3.25. The summed E-state index contributed by atoms with van der Waals surface area (Å²) in [6.07, 6.45) is 2.56. The van der Waals surface area contributed by atoms with E-state index in [0.29, 0.717) is 6.54 Å². The number of aromatic nitrogens is 2. The summed E-state index contributed by atoms with van der Waals surface area (Å²) < 4.78 is 0. The van der Waals surface area contributed by atoms with Crippen LogP contribution in [0.3, 0.4) is 0 Å². The molecule has 0 radical (unpaired) electrons. The number of rotatable bonds is 2. The number of piperazine rings is 1. The van der Waals surface area contributed by atoms with Gasteiger partial charge in [-0.05, 0) is 12.6 Å². The van der Waals surface area contributed by atoms with Crippen LogP contribution in [0.15, 0.2) is 36.7 Å². The Bertz CT molecular complexity index is 748. The molecule has 2 aromatic rings. The van der Waals surface area contributed by atoms with Crippen LogP contribution < -0.4 is 10.2 Å². The molecule has 1 fully saturated rings. The van der Waals surface area contributed by atoms with Crippen molar-refractivity contribution >= 4 is 11.7 Å². The number of likely N-dealkylation sites (N-methyl/N-ethyl adjacent to an activating group) is 1. The van der Waals surface area contributed by atoms with Gasteiger partial charge in [-0.1, -0.05) is 30.3 Å². The molecule has 2 aliphatic rings. The van der Waals surface area contributed by atoms with Crippen LogP contribution in [0.25, 0.3) is 0 Å². The van der Waals surface area contributed by atoms with E-state index in [0.717, 1.165) is 48.7 Å². The molecule has 1 amide bonds. The van der Waals surface area contributed by atoms with Crippen LogP contribution in [-0.2, 0) is 17.8 Å². The minimum absolute atomic E-state index is 0.0315. The molecule has 0 saturated carbocycles. The van der Waals surface area contributed by atoms with Crippen molar-refractivity contribution in [2.45, 2.75) is 19.0 Å². The number of benzene rings is 1. The summed E-state index contributed by atoms with van der Waals surface area (Å²) in [5.74, 6) is 0.930. The van der Waals surface area contributed by atoms with Gasteiger partial charge in [-0.15, -0.1) is 0 Å². The molecule has 1 N–H and O–H groups in total. The summed E-state index contributed by atoms with van der Waals surface area (Å²) in [5, 5.41) is 2.98. The Morgan fingerprint density at radius 2 is 2.00 bits per heavy atom. The third-order valence-corrected chi connectivity index (χ3v) is 4.77. The van der Waals surface area contributed by atoms with E-state index in [-0.39, 0.29) is 11.9 Å². The quantitative estimate of drug-likeness (QED) is 0.898. The lowest BCUT2D eigenvalue weighted by Crippen LogP contribution is -2.51. The van der Waals surface area contributed by atoms with Crippen molar-refractivity contribution in [3.05, 3.63) is 53.5 Å². The number of amides is 1. The van der Waals surface area contributed by atoms with Crippen molar-refractivity contribution < 1.29 is 4.79 Å². The van der Waals surface area contributed by atoms with Gasteiger partial charge < -0.3 is 15.1 Å². The molecular formula is C18H21N5O. The normalized spacial score (nSPS) is 21.3. The summed E-state index contributed by atoms with van der Waals surface area (Å²) >= 11 is 0. The van der Waals surface area contributed by atoms with Crippen LogP contribution in [-0.4, -0.2) is 47.5 Å². The largest absolute Gasteiger partial charge is 0.352 e. The Hall–Kier alpha value is -2.47. The zero-order valence-electron chi connectivity index (χ0n) is 13.8. The lowest BCUT2D eigenvalue weighted by Gasteiger charge is -2.38. The highest BCUT2D eigenvalue weighted by Crippen LogP contribution is 2.32. The number of carbonyl (C=O) groups excluding carboxylic acids is 1. The molecule has 0 spiro atoms. The molecule has 1 aromatic heterocycles. The summed E-state index contributed by atoms with van der Waals surface area (Å²) in [7, 11) is 2.11. The molecule has 24 heavy (non-hydrogen) atoms. The standard InChI is InChI=1S/C18H21N5O/c1-22-9-7-15-14(11-22)17(21-12-20-15)23-10-8-19-18(24)16(23)13-5-3-2-4-6-13/h2-6,12,16H,7-11H2,1H3,(H,19,24)/t16-/m0/s1. The Kier molecular flexibility index (Phi) is 3.90. The van der Waals surface area contributed by atoms with Crippen LogP contribution in [0.1, 0.15) is 22.9 Å². The van der Waals surface area contributed by atoms with Crippen LogP contribution in [0.5, 0.6) is 0 Å². The Labute approximate surface area is 141 Å². The fraction of sp³-hybridized carbons (Fsp3) is 0.389. The first-order chi connectivity index (χ1) is 11.7. The van der Waals surface area contributed by atoms with Crippen LogP contribution >= 0.6 is 0 Å². The molecule has 1 atom stereocenters. The van der Waals surface area contributed by atoms with E-state index in [1.807, 2.05) is 30.3 Å². The minimum Gasteiger partial charge on any atom is -0.352 e. The van der Waals surface area contributed by atoms with Gasteiger partial charge >= 0.3 is 0 Å². The maximum Gasteiger partial charge on any atom is 0.247 e.